The van der Waals surface area contributed by atoms with Crippen molar-refractivity contribution in [1.82, 2.24) is 25.1 Å². The third-order valence-electron chi connectivity index (χ3n) is 7.29. The molecule has 1 saturated carbocycles. The molecule has 4 aromatic heterocycles. The molecule has 7 nitrogen and oxygen atoms in total. The molecule has 1 aliphatic rings. The van der Waals surface area contributed by atoms with Gasteiger partial charge in [-0.2, -0.15) is 5.10 Å². The number of benzene rings is 2. The molecule has 0 aliphatic heterocycles. The minimum Gasteiger partial charge on any atom is -0.353 e. The number of amides is 1. The summed E-state index contributed by atoms with van der Waals surface area (Å²) in [5.41, 5.74) is 7.33. The molecule has 8 heteroatoms. The van der Waals surface area contributed by atoms with E-state index < -0.39 is 0 Å². The zero-order valence-electron chi connectivity index (χ0n) is 20.3. The van der Waals surface area contributed by atoms with Gasteiger partial charge in [-0.05, 0) is 60.4 Å². The second-order valence-electron chi connectivity index (χ2n) is 9.73. The smallest absolute Gasteiger partial charge is 0.227 e. The lowest BCUT2D eigenvalue weighted by atomic mass is 9.85. The van der Waals surface area contributed by atoms with Crippen molar-refractivity contribution in [2.24, 2.45) is 5.92 Å². The number of halogens is 1. The molecule has 7 rings (SSSR count). The van der Waals surface area contributed by atoms with Gasteiger partial charge in [-0.1, -0.05) is 30.7 Å². The number of nitrogens with zero attached hydrogens (tertiary/aromatic N) is 3. The molecule has 0 unspecified atom stereocenters. The lowest BCUT2D eigenvalue weighted by molar-refractivity contribution is -0.122. The lowest BCUT2D eigenvalue weighted by Crippen LogP contribution is -2.28. The van der Waals surface area contributed by atoms with E-state index >= 15 is 0 Å². The number of carbonyl (C=O) groups is 1. The van der Waals surface area contributed by atoms with Gasteiger partial charge in [0.25, 0.3) is 0 Å². The largest absolute Gasteiger partial charge is 0.353 e. The number of hydrogen-bond donors (Lipinski definition) is 3. The van der Waals surface area contributed by atoms with Gasteiger partial charge in [0.15, 0.2) is 5.65 Å². The molecule has 0 atom stereocenters. The van der Waals surface area contributed by atoms with Crippen LogP contribution in [0.2, 0.25) is 0 Å². The fourth-order valence-corrected chi connectivity index (χ4v) is 5.04. The van der Waals surface area contributed by atoms with Crippen molar-refractivity contribution in [3.63, 3.8) is 0 Å². The standard InChI is InChI=1S/C30H23FN6O/c31-21-7-2-6-18(10-21)23-8-3-9-26-24(23)13-27(35-26)28-25-12-20(15-33-29(25)37-36-28)19-11-22(16-32-14-19)34-30(38)17-4-1-5-17/h2-3,6-17,35H,1,4-5H2,(H,34,38)(H,33,36,37). The van der Waals surface area contributed by atoms with Crippen LogP contribution in [0.3, 0.4) is 0 Å². The Morgan fingerprint density at radius 2 is 1.79 bits per heavy atom. The molecule has 4 heterocycles. The second-order valence-corrected chi connectivity index (χ2v) is 9.73. The Morgan fingerprint density at radius 1 is 0.921 bits per heavy atom. The molecule has 1 fully saturated rings. The quantitative estimate of drug-likeness (QED) is 0.244. The van der Waals surface area contributed by atoms with E-state index in [-0.39, 0.29) is 17.6 Å². The predicted molar refractivity (Wildman–Crippen MR) is 146 cm³/mol. The van der Waals surface area contributed by atoms with Gasteiger partial charge in [-0.25, -0.2) is 9.37 Å². The van der Waals surface area contributed by atoms with Crippen molar-refractivity contribution in [2.45, 2.75) is 19.3 Å². The van der Waals surface area contributed by atoms with Crippen LogP contribution in [-0.4, -0.2) is 31.1 Å². The summed E-state index contributed by atoms with van der Waals surface area (Å²) in [6, 6.07) is 18.5. The molecular weight excluding hydrogens is 479 g/mol. The van der Waals surface area contributed by atoms with Gasteiger partial charge in [-0.15, -0.1) is 0 Å². The summed E-state index contributed by atoms with van der Waals surface area (Å²) < 4.78 is 13.9. The first-order valence-corrected chi connectivity index (χ1v) is 12.6. The number of aromatic nitrogens is 5. The van der Waals surface area contributed by atoms with E-state index in [9.17, 15) is 9.18 Å². The Bertz CT molecular complexity index is 1830. The summed E-state index contributed by atoms with van der Waals surface area (Å²) in [4.78, 5) is 24.8. The lowest BCUT2D eigenvalue weighted by Gasteiger charge is -2.24. The number of pyridine rings is 2. The van der Waals surface area contributed by atoms with E-state index in [4.69, 9.17) is 0 Å². The number of nitrogens with one attached hydrogen (secondary N) is 3. The van der Waals surface area contributed by atoms with E-state index in [0.29, 0.717) is 11.3 Å². The van der Waals surface area contributed by atoms with E-state index in [0.717, 1.165) is 69.2 Å². The van der Waals surface area contributed by atoms with Crippen LogP contribution >= 0.6 is 0 Å². The molecule has 0 saturated heterocycles. The van der Waals surface area contributed by atoms with Crippen molar-refractivity contribution < 1.29 is 9.18 Å². The molecule has 1 amide bonds. The van der Waals surface area contributed by atoms with Crippen molar-refractivity contribution in [3.8, 4) is 33.6 Å². The number of carbonyl (C=O) groups excluding carboxylic acids is 1. The highest BCUT2D eigenvalue weighted by atomic mass is 19.1. The summed E-state index contributed by atoms with van der Waals surface area (Å²) in [5, 5.41) is 12.4. The number of hydrogen-bond acceptors (Lipinski definition) is 4. The average Bonchev–Trinajstić information content (AvgIpc) is 3.51. The van der Waals surface area contributed by atoms with E-state index in [2.05, 4.69) is 30.5 Å². The van der Waals surface area contributed by atoms with Crippen LogP contribution in [0.15, 0.2) is 79.3 Å². The Morgan fingerprint density at radius 3 is 2.63 bits per heavy atom. The maximum atomic E-state index is 13.9. The van der Waals surface area contributed by atoms with Crippen LogP contribution in [0.5, 0.6) is 0 Å². The van der Waals surface area contributed by atoms with Gasteiger partial charge < -0.3 is 10.3 Å². The fourth-order valence-electron chi connectivity index (χ4n) is 5.04. The molecule has 0 bridgehead atoms. The van der Waals surface area contributed by atoms with Crippen LogP contribution in [0.4, 0.5) is 10.1 Å². The van der Waals surface area contributed by atoms with E-state index in [1.807, 2.05) is 42.5 Å². The van der Waals surface area contributed by atoms with Crippen LogP contribution in [0.1, 0.15) is 19.3 Å². The number of fused-ring (bicyclic) bond motifs is 2. The highest BCUT2D eigenvalue weighted by Crippen LogP contribution is 2.35. The van der Waals surface area contributed by atoms with Crippen LogP contribution in [0, 0.1) is 11.7 Å². The zero-order chi connectivity index (χ0) is 25.6. The van der Waals surface area contributed by atoms with Crippen LogP contribution in [0.25, 0.3) is 55.6 Å². The first-order chi connectivity index (χ1) is 18.6. The van der Waals surface area contributed by atoms with Crippen molar-refractivity contribution in [2.75, 3.05) is 5.32 Å². The highest BCUT2D eigenvalue weighted by molar-refractivity contribution is 6.01. The number of aromatic amines is 2. The van der Waals surface area contributed by atoms with Gasteiger partial charge in [0.05, 0.1) is 23.3 Å². The Labute approximate surface area is 217 Å². The summed E-state index contributed by atoms with van der Waals surface area (Å²) in [5.74, 6) is -0.116. The van der Waals surface area contributed by atoms with E-state index in [1.54, 1.807) is 30.7 Å². The monoisotopic (exact) mass is 502 g/mol. The molecule has 2 aromatic carbocycles. The summed E-state index contributed by atoms with van der Waals surface area (Å²) in [7, 11) is 0. The Hall–Kier alpha value is -4.85. The second kappa shape index (κ2) is 8.92. The number of rotatable bonds is 5. The highest BCUT2D eigenvalue weighted by Gasteiger charge is 2.25. The summed E-state index contributed by atoms with van der Waals surface area (Å²) >= 11 is 0. The predicted octanol–water partition coefficient (Wildman–Crippen LogP) is 6.71. The minimum absolute atomic E-state index is 0.0531. The van der Waals surface area contributed by atoms with Gasteiger partial charge in [-0.3, -0.25) is 14.9 Å². The number of anilines is 1. The van der Waals surface area contributed by atoms with Gasteiger partial charge >= 0.3 is 0 Å². The van der Waals surface area contributed by atoms with Gasteiger partial charge in [0.2, 0.25) is 5.91 Å². The summed E-state index contributed by atoms with van der Waals surface area (Å²) in [6.45, 7) is 0. The van der Waals surface area contributed by atoms with Crippen molar-refractivity contribution >= 4 is 33.5 Å². The van der Waals surface area contributed by atoms with E-state index in [1.165, 1.54) is 6.07 Å². The summed E-state index contributed by atoms with van der Waals surface area (Å²) in [6.07, 6.45) is 8.18. The third-order valence-corrected chi connectivity index (χ3v) is 7.29. The number of H-pyrrole nitrogens is 2. The molecular formula is C30H23FN6O. The SMILES string of the molecule is O=C(Nc1cncc(-c2cnc3n[nH]c(-c4cc5c(-c6cccc(F)c6)cccc5[nH]4)c3c2)c1)C1CCC1. The minimum atomic E-state index is -0.269. The van der Waals surface area contributed by atoms with Gasteiger partial charge in [0, 0.05) is 45.7 Å². The fraction of sp³-hybridized carbons (Fsp3) is 0.133. The maximum absolute atomic E-state index is 13.9. The zero-order valence-corrected chi connectivity index (χ0v) is 20.3. The Kier molecular flexibility index (Phi) is 5.25. The average molecular weight is 503 g/mol. The Balaban J connectivity index is 1.26. The normalized spacial score (nSPS) is 13.6. The molecule has 0 radical (unpaired) electrons. The molecule has 1 aliphatic carbocycles. The molecule has 38 heavy (non-hydrogen) atoms. The topological polar surface area (TPSA) is 99.3 Å². The molecule has 186 valence electrons. The first-order valence-electron chi connectivity index (χ1n) is 12.6. The van der Waals surface area contributed by atoms with Crippen LogP contribution in [-0.2, 0) is 4.79 Å². The maximum Gasteiger partial charge on any atom is 0.227 e. The van der Waals surface area contributed by atoms with Gasteiger partial charge in [0.1, 0.15) is 5.82 Å². The molecule has 0 spiro atoms. The first kappa shape index (κ1) is 22.4. The molecule has 3 N–H and O–H groups in total. The third kappa shape index (κ3) is 3.91. The van der Waals surface area contributed by atoms with Crippen molar-refractivity contribution in [1.29, 1.82) is 0 Å². The molecule has 6 aromatic rings. The van der Waals surface area contributed by atoms with Crippen molar-refractivity contribution in [3.05, 3.63) is 85.1 Å². The van der Waals surface area contributed by atoms with Crippen LogP contribution < -0.4 is 5.32 Å².